The SMILES string of the molecule is CO/C=C(/C(=O)OC)c1ccccc1COc1ccc(C#N)cc1Br. The summed E-state index contributed by atoms with van der Waals surface area (Å²) in [5, 5.41) is 8.91. The molecule has 0 aliphatic rings. The summed E-state index contributed by atoms with van der Waals surface area (Å²) >= 11 is 3.39. The van der Waals surface area contributed by atoms with Crippen LogP contribution in [0.4, 0.5) is 0 Å². The van der Waals surface area contributed by atoms with E-state index < -0.39 is 5.97 Å². The molecule has 0 unspecified atom stereocenters. The molecule has 0 amide bonds. The van der Waals surface area contributed by atoms with Gasteiger partial charge in [0.2, 0.25) is 0 Å². The average molecular weight is 402 g/mol. The highest BCUT2D eigenvalue weighted by Gasteiger charge is 2.17. The average Bonchev–Trinajstić information content (AvgIpc) is 2.64. The van der Waals surface area contributed by atoms with E-state index >= 15 is 0 Å². The Bertz CT molecular complexity index is 840. The zero-order valence-corrected chi connectivity index (χ0v) is 15.4. The fourth-order valence-corrected chi connectivity index (χ4v) is 2.69. The summed E-state index contributed by atoms with van der Waals surface area (Å²) in [4.78, 5) is 12.0. The predicted molar refractivity (Wildman–Crippen MR) is 96.6 cm³/mol. The van der Waals surface area contributed by atoms with Gasteiger partial charge in [-0.15, -0.1) is 0 Å². The van der Waals surface area contributed by atoms with Gasteiger partial charge in [-0.2, -0.15) is 5.26 Å². The third-order valence-corrected chi connectivity index (χ3v) is 4.01. The van der Waals surface area contributed by atoms with Crippen molar-refractivity contribution in [3.8, 4) is 11.8 Å². The summed E-state index contributed by atoms with van der Waals surface area (Å²) in [6, 6.07) is 14.5. The monoisotopic (exact) mass is 401 g/mol. The van der Waals surface area contributed by atoms with Crippen molar-refractivity contribution in [1.29, 1.82) is 5.26 Å². The van der Waals surface area contributed by atoms with Crippen molar-refractivity contribution < 1.29 is 19.0 Å². The second kappa shape index (κ2) is 8.90. The Morgan fingerprint density at radius 3 is 2.64 bits per heavy atom. The Balaban J connectivity index is 2.28. The molecule has 0 radical (unpaired) electrons. The number of methoxy groups -OCH3 is 2. The third kappa shape index (κ3) is 4.61. The summed E-state index contributed by atoms with van der Waals surface area (Å²) in [5.74, 6) is 0.109. The van der Waals surface area contributed by atoms with Gasteiger partial charge < -0.3 is 14.2 Å². The van der Waals surface area contributed by atoms with Crippen molar-refractivity contribution in [1.82, 2.24) is 0 Å². The van der Waals surface area contributed by atoms with Crippen molar-refractivity contribution in [3.63, 3.8) is 0 Å². The van der Waals surface area contributed by atoms with Gasteiger partial charge in [0, 0.05) is 0 Å². The van der Waals surface area contributed by atoms with Crippen LogP contribution >= 0.6 is 15.9 Å². The van der Waals surface area contributed by atoms with Crippen LogP contribution in [-0.2, 0) is 20.9 Å². The van der Waals surface area contributed by atoms with Gasteiger partial charge in [0.15, 0.2) is 0 Å². The number of hydrogen-bond donors (Lipinski definition) is 0. The molecule has 6 heteroatoms. The fourth-order valence-electron chi connectivity index (χ4n) is 2.20. The molecular formula is C19H16BrNO4. The van der Waals surface area contributed by atoms with Crippen LogP contribution in [0.2, 0.25) is 0 Å². The maximum atomic E-state index is 12.0. The molecule has 0 saturated heterocycles. The molecule has 0 N–H and O–H groups in total. The van der Waals surface area contributed by atoms with Crippen LogP contribution < -0.4 is 4.74 Å². The minimum atomic E-state index is -0.492. The highest BCUT2D eigenvalue weighted by Crippen LogP contribution is 2.28. The summed E-state index contributed by atoms with van der Waals surface area (Å²) < 4.78 is 16.3. The number of rotatable bonds is 6. The fraction of sp³-hybridized carbons (Fsp3) is 0.158. The van der Waals surface area contributed by atoms with Gasteiger partial charge in [-0.25, -0.2) is 4.79 Å². The van der Waals surface area contributed by atoms with Crippen LogP contribution in [-0.4, -0.2) is 20.2 Å². The number of carbonyl (C=O) groups excluding carboxylic acids is 1. The molecule has 2 aromatic rings. The first-order valence-corrected chi connectivity index (χ1v) is 8.12. The zero-order chi connectivity index (χ0) is 18.2. The molecule has 0 fully saturated rings. The molecule has 0 spiro atoms. The highest BCUT2D eigenvalue weighted by atomic mass is 79.9. The molecule has 0 heterocycles. The van der Waals surface area contributed by atoms with Gasteiger partial charge >= 0.3 is 5.97 Å². The van der Waals surface area contributed by atoms with Gasteiger partial charge in [-0.05, 0) is 45.3 Å². The molecule has 0 atom stereocenters. The lowest BCUT2D eigenvalue weighted by Gasteiger charge is -2.13. The van der Waals surface area contributed by atoms with E-state index in [1.165, 1.54) is 20.5 Å². The van der Waals surface area contributed by atoms with E-state index in [0.717, 1.165) is 5.56 Å². The van der Waals surface area contributed by atoms with Gasteiger partial charge in [0.25, 0.3) is 0 Å². The number of ether oxygens (including phenoxy) is 3. The molecule has 0 bridgehead atoms. The highest BCUT2D eigenvalue weighted by molar-refractivity contribution is 9.10. The van der Waals surface area contributed by atoms with Crippen molar-refractivity contribution in [3.05, 3.63) is 69.9 Å². The number of hydrogen-bond acceptors (Lipinski definition) is 5. The van der Waals surface area contributed by atoms with Crippen LogP contribution in [0.15, 0.2) is 53.2 Å². The summed E-state index contributed by atoms with van der Waals surface area (Å²) in [6.45, 7) is 0.235. The Morgan fingerprint density at radius 2 is 2.00 bits per heavy atom. The lowest BCUT2D eigenvalue weighted by molar-refractivity contribution is -0.133. The van der Waals surface area contributed by atoms with Crippen LogP contribution in [0, 0.1) is 11.3 Å². The Labute approximate surface area is 154 Å². The third-order valence-electron chi connectivity index (χ3n) is 3.39. The maximum absolute atomic E-state index is 12.0. The molecule has 0 aliphatic heterocycles. The van der Waals surface area contributed by atoms with Crippen LogP contribution in [0.5, 0.6) is 5.75 Å². The Hall–Kier alpha value is -2.78. The summed E-state index contributed by atoms with van der Waals surface area (Å²) in [7, 11) is 2.79. The molecule has 2 rings (SSSR count). The second-order valence-electron chi connectivity index (χ2n) is 4.96. The molecule has 2 aromatic carbocycles. The number of benzene rings is 2. The Morgan fingerprint density at radius 1 is 1.24 bits per heavy atom. The Kier molecular flexibility index (Phi) is 6.61. The van der Waals surface area contributed by atoms with Gasteiger partial charge in [-0.3, -0.25) is 0 Å². The maximum Gasteiger partial charge on any atom is 0.341 e. The largest absolute Gasteiger partial charge is 0.503 e. The number of halogens is 1. The minimum Gasteiger partial charge on any atom is -0.503 e. The van der Waals surface area contributed by atoms with E-state index in [2.05, 4.69) is 22.0 Å². The molecule has 128 valence electrons. The lowest BCUT2D eigenvalue weighted by Crippen LogP contribution is -2.08. The first-order valence-electron chi connectivity index (χ1n) is 7.32. The van der Waals surface area contributed by atoms with Crippen molar-refractivity contribution in [2.75, 3.05) is 14.2 Å². The zero-order valence-electron chi connectivity index (χ0n) is 13.8. The van der Waals surface area contributed by atoms with E-state index in [4.69, 9.17) is 19.5 Å². The molecule has 25 heavy (non-hydrogen) atoms. The number of nitrogens with zero attached hydrogens (tertiary/aromatic N) is 1. The van der Waals surface area contributed by atoms with Gasteiger partial charge in [0.05, 0.1) is 36.6 Å². The summed E-state index contributed by atoms with van der Waals surface area (Å²) in [5.41, 5.74) is 2.31. The normalized spacial score (nSPS) is 10.7. The van der Waals surface area contributed by atoms with E-state index in [9.17, 15) is 4.79 Å². The molecule has 0 aromatic heterocycles. The molecule has 0 saturated carbocycles. The smallest absolute Gasteiger partial charge is 0.341 e. The first kappa shape index (κ1) is 18.6. The number of carbonyl (C=O) groups is 1. The minimum absolute atomic E-state index is 0.235. The van der Waals surface area contributed by atoms with Crippen LogP contribution in [0.3, 0.4) is 0 Å². The number of nitriles is 1. The quantitative estimate of drug-likeness (QED) is 0.414. The van der Waals surface area contributed by atoms with Crippen LogP contribution in [0.1, 0.15) is 16.7 Å². The van der Waals surface area contributed by atoms with Crippen LogP contribution in [0.25, 0.3) is 5.57 Å². The van der Waals surface area contributed by atoms with E-state index in [0.29, 0.717) is 26.9 Å². The molecule has 0 aliphatic carbocycles. The topological polar surface area (TPSA) is 68.6 Å². The van der Waals surface area contributed by atoms with E-state index in [-0.39, 0.29) is 6.61 Å². The standard InChI is InChI=1S/C19H16BrNO4/c1-23-12-16(19(22)24-2)15-6-4-3-5-14(15)11-25-18-8-7-13(10-21)9-17(18)20/h3-9,12H,11H2,1-2H3/b16-12+. The number of esters is 1. The molecule has 5 nitrogen and oxygen atoms in total. The van der Waals surface area contributed by atoms with Gasteiger partial charge in [-0.1, -0.05) is 24.3 Å². The van der Waals surface area contributed by atoms with Crippen molar-refractivity contribution in [2.24, 2.45) is 0 Å². The van der Waals surface area contributed by atoms with E-state index in [1.807, 2.05) is 18.2 Å². The second-order valence-corrected chi connectivity index (χ2v) is 5.82. The summed E-state index contributed by atoms with van der Waals surface area (Å²) in [6.07, 6.45) is 1.35. The van der Waals surface area contributed by atoms with Crippen molar-refractivity contribution in [2.45, 2.75) is 6.61 Å². The van der Waals surface area contributed by atoms with Crippen molar-refractivity contribution >= 4 is 27.5 Å². The molecular weight excluding hydrogens is 386 g/mol. The first-order chi connectivity index (χ1) is 12.1. The lowest BCUT2D eigenvalue weighted by atomic mass is 10.0. The van der Waals surface area contributed by atoms with E-state index in [1.54, 1.807) is 24.3 Å². The predicted octanol–water partition coefficient (Wildman–Crippen LogP) is 4.06. The van der Waals surface area contributed by atoms with Gasteiger partial charge in [0.1, 0.15) is 17.9 Å².